The third-order valence-electron chi connectivity index (χ3n) is 6.27. The van der Waals surface area contributed by atoms with Crippen LogP contribution < -0.4 is 25.2 Å². The Morgan fingerprint density at radius 2 is 1.97 bits per heavy atom. The first-order chi connectivity index (χ1) is 15.7. The van der Waals surface area contributed by atoms with Gasteiger partial charge in [-0.2, -0.15) is 0 Å². The van der Waals surface area contributed by atoms with Crippen LogP contribution in [0.3, 0.4) is 0 Å². The van der Waals surface area contributed by atoms with Crippen LogP contribution in [-0.4, -0.2) is 52.2 Å². The van der Waals surface area contributed by atoms with E-state index in [2.05, 4.69) is 44.8 Å². The van der Waals surface area contributed by atoms with Crippen LogP contribution in [0.15, 0.2) is 53.5 Å². The minimum Gasteiger partial charge on any atom is -0.497 e. The topological polar surface area (TPSA) is 69.2 Å². The fourth-order valence-corrected chi connectivity index (χ4v) is 4.40. The number of hydrogen-bond acceptors (Lipinski definition) is 4. The van der Waals surface area contributed by atoms with Crippen LogP contribution >= 0.6 is 0 Å². The van der Waals surface area contributed by atoms with Gasteiger partial charge in [-0.25, -0.2) is 0 Å². The van der Waals surface area contributed by atoms with Crippen molar-refractivity contribution in [2.24, 2.45) is 10.9 Å². The molecule has 1 atom stereocenters. The molecular formula is C25H33N5O2. The second kappa shape index (κ2) is 10.4. The van der Waals surface area contributed by atoms with E-state index in [0.717, 1.165) is 62.0 Å². The smallest absolute Gasteiger partial charge is 0.227 e. The Kier molecular flexibility index (Phi) is 7.14. The number of carbonyl (C=O) groups is 1. The van der Waals surface area contributed by atoms with Crippen LogP contribution in [0, 0.1) is 5.92 Å². The number of anilines is 2. The molecule has 4 rings (SSSR count). The summed E-state index contributed by atoms with van der Waals surface area (Å²) in [6, 6.07) is 16.5. The van der Waals surface area contributed by atoms with Crippen molar-refractivity contribution >= 4 is 23.2 Å². The molecule has 2 aromatic rings. The van der Waals surface area contributed by atoms with Crippen molar-refractivity contribution in [1.82, 2.24) is 10.6 Å². The molecule has 2 aliphatic heterocycles. The standard InChI is InChI=1S/C25H33N5O2/c1-26-25(27-16-19-8-10-21(11-9-19)30-13-4-7-24(30)31)28-17-20-12-14-29(18-20)22-5-3-6-23(15-22)32-2/h3,5-6,8-11,15,20H,4,7,12-14,16-18H2,1-2H3,(H2,26,27,28). The van der Waals surface area contributed by atoms with Gasteiger partial charge in [0.1, 0.15) is 5.75 Å². The summed E-state index contributed by atoms with van der Waals surface area (Å²) >= 11 is 0. The molecule has 7 nitrogen and oxygen atoms in total. The van der Waals surface area contributed by atoms with E-state index < -0.39 is 0 Å². The Labute approximate surface area is 190 Å². The van der Waals surface area contributed by atoms with Gasteiger partial charge in [-0.15, -0.1) is 0 Å². The predicted molar refractivity (Wildman–Crippen MR) is 130 cm³/mol. The van der Waals surface area contributed by atoms with Crippen molar-refractivity contribution in [1.29, 1.82) is 0 Å². The van der Waals surface area contributed by atoms with Crippen LogP contribution in [0.25, 0.3) is 0 Å². The normalized spacial score (nSPS) is 18.9. The molecule has 0 radical (unpaired) electrons. The number of ether oxygens (including phenoxy) is 1. The molecule has 0 aliphatic carbocycles. The van der Waals surface area contributed by atoms with Crippen molar-refractivity contribution < 1.29 is 9.53 Å². The van der Waals surface area contributed by atoms with Crippen LogP contribution in [0.2, 0.25) is 0 Å². The number of guanidine groups is 1. The fourth-order valence-electron chi connectivity index (χ4n) is 4.40. The second-order valence-corrected chi connectivity index (χ2v) is 8.42. The van der Waals surface area contributed by atoms with E-state index in [1.165, 1.54) is 5.69 Å². The first-order valence-electron chi connectivity index (χ1n) is 11.4. The van der Waals surface area contributed by atoms with Crippen molar-refractivity contribution in [2.45, 2.75) is 25.8 Å². The predicted octanol–water partition coefficient (Wildman–Crippen LogP) is 3.01. The Balaban J connectivity index is 1.23. The van der Waals surface area contributed by atoms with E-state index in [0.29, 0.717) is 18.9 Å². The van der Waals surface area contributed by atoms with Gasteiger partial charge in [0.05, 0.1) is 7.11 Å². The average molecular weight is 436 g/mol. The first-order valence-corrected chi connectivity index (χ1v) is 11.4. The molecule has 170 valence electrons. The maximum atomic E-state index is 11.9. The third-order valence-corrected chi connectivity index (χ3v) is 6.27. The Morgan fingerprint density at radius 3 is 2.69 bits per heavy atom. The van der Waals surface area contributed by atoms with Gasteiger partial charge >= 0.3 is 0 Å². The van der Waals surface area contributed by atoms with Crippen molar-refractivity contribution in [3.8, 4) is 5.75 Å². The van der Waals surface area contributed by atoms with Gasteiger partial charge in [0.2, 0.25) is 5.91 Å². The maximum Gasteiger partial charge on any atom is 0.227 e. The lowest BCUT2D eigenvalue weighted by molar-refractivity contribution is -0.117. The number of hydrogen-bond donors (Lipinski definition) is 2. The van der Waals surface area contributed by atoms with Gasteiger partial charge < -0.3 is 25.2 Å². The molecular weight excluding hydrogens is 402 g/mol. The van der Waals surface area contributed by atoms with E-state index in [1.807, 2.05) is 29.2 Å². The maximum absolute atomic E-state index is 11.9. The Morgan fingerprint density at radius 1 is 1.12 bits per heavy atom. The number of benzene rings is 2. The lowest BCUT2D eigenvalue weighted by Crippen LogP contribution is -2.39. The molecule has 0 saturated carbocycles. The summed E-state index contributed by atoms with van der Waals surface area (Å²) in [5, 5.41) is 6.87. The molecule has 0 spiro atoms. The van der Waals surface area contributed by atoms with Gasteiger partial charge in [0.15, 0.2) is 5.96 Å². The summed E-state index contributed by atoms with van der Waals surface area (Å²) in [7, 11) is 3.51. The fraction of sp³-hybridized carbons (Fsp3) is 0.440. The molecule has 32 heavy (non-hydrogen) atoms. The van der Waals surface area contributed by atoms with E-state index in [4.69, 9.17) is 4.74 Å². The molecule has 0 aromatic heterocycles. The molecule has 2 N–H and O–H groups in total. The van der Waals surface area contributed by atoms with Gasteiger partial charge in [0.25, 0.3) is 0 Å². The highest BCUT2D eigenvalue weighted by atomic mass is 16.5. The number of methoxy groups -OCH3 is 1. The first kappa shape index (κ1) is 22.0. The third kappa shape index (κ3) is 5.33. The summed E-state index contributed by atoms with van der Waals surface area (Å²) < 4.78 is 5.35. The number of amides is 1. The summed E-state index contributed by atoms with van der Waals surface area (Å²) in [6.07, 6.45) is 2.75. The zero-order valence-corrected chi connectivity index (χ0v) is 19.0. The Hall–Kier alpha value is -3.22. The van der Waals surface area contributed by atoms with Crippen molar-refractivity contribution in [3.63, 3.8) is 0 Å². The highest BCUT2D eigenvalue weighted by Gasteiger charge is 2.23. The zero-order chi connectivity index (χ0) is 22.3. The second-order valence-electron chi connectivity index (χ2n) is 8.42. The van der Waals surface area contributed by atoms with E-state index in [-0.39, 0.29) is 5.91 Å². The molecule has 2 heterocycles. The number of carbonyl (C=O) groups excluding carboxylic acids is 1. The molecule has 2 aliphatic rings. The lowest BCUT2D eigenvalue weighted by Gasteiger charge is -2.20. The Bertz CT molecular complexity index is 944. The van der Waals surface area contributed by atoms with Crippen LogP contribution in [0.5, 0.6) is 5.75 Å². The van der Waals surface area contributed by atoms with Crippen molar-refractivity contribution in [2.75, 3.05) is 50.1 Å². The van der Waals surface area contributed by atoms with E-state index >= 15 is 0 Å². The monoisotopic (exact) mass is 435 g/mol. The minimum atomic E-state index is 0.220. The van der Waals surface area contributed by atoms with Gasteiger partial charge in [-0.05, 0) is 48.6 Å². The number of aliphatic imine (C=N–C) groups is 1. The van der Waals surface area contributed by atoms with Gasteiger partial charge in [-0.1, -0.05) is 18.2 Å². The largest absolute Gasteiger partial charge is 0.497 e. The summed E-state index contributed by atoms with van der Waals surface area (Å²) in [5.74, 6) is 2.49. The highest BCUT2D eigenvalue weighted by molar-refractivity contribution is 5.95. The zero-order valence-electron chi connectivity index (χ0n) is 19.0. The SMILES string of the molecule is CN=C(NCc1ccc(N2CCCC2=O)cc1)NCC1CCN(c2cccc(OC)c2)C1. The van der Waals surface area contributed by atoms with Gasteiger partial charge in [0, 0.05) is 63.6 Å². The van der Waals surface area contributed by atoms with Gasteiger partial charge in [-0.3, -0.25) is 9.79 Å². The average Bonchev–Trinajstić information content (AvgIpc) is 3.49. The number of rotatable bonds is 7. The molecule has 2 saturated heterocycles. The lowest BCUT2D eigenvalue weighted by atomic mass is 10.1. The summed E-state index contributed by atoms with van der Waals surface area (Å²) in [6.45, 7) is 4.47. The van der Waals surface area contributed by atoms with Crippen LogP contribution in [0.4, 0.5) is 11.4 Å². The molecule has 7 heteroatoms. The van der Waals surface area contributed by atoms with E-state index in [1.54, 1.807) is 14.2 Å². The highest BCUT2D eigenvalue weighted by Crippen LogP contribution is 2.26. The quantitative estimate of drug-likeness (QED) is 0.517. The molecule has 2 aromatic carbocycles. The van der Waals surface area contributed by atoms with Crippen LogP contribution in [-0.2, 0) is 11.3 Å². The number of nitrogens with one attached hydrogen (secondary N) is 2. The van der Waals surface area contributed by atoms with E-state index in [9.17, 15) is 4.79 Å². The molecule has 0 bridgehead atoms. The number of nitrogens with zero attached hydrogens (tertiary/aromatic N) is 3. The summed E-state index contributed by atoms with van der Waals surface area (Å²) in [4.78, 5) is 20.6. The molecule has 1 unspecified atom stereocenters. The molecule has 2 fully saturated rings. The minimum absolute atomic E-state index is 0.220. The molecule has 1 amide bonds. The van der Waals surface area contributed by atoms with Crippen LogP contribution in [0.1, 0.15) is 24.8 Å². The van der Waals surface area contributed by atoms with Crippen molar-refractivity contribution in [3.05, 3.63) is 54.1 Å². The summed E-state index contributed by atoms with van der Waals surface area (Å²) in [5.41, 5.74) is 3.36.